The predicted molar refractivity (Wildman–Crippen MR) is 107 cm³/mol. The largest absolute Gasteiger partial charge is 0.337 e. The van der Waals surface area contributed by atoms with Gasteiger partial charge in [0.25, 0.3) is 5.91 Å². The molecule has 4 heteroatoms. The van der Waals surface area contributed by atoms with Crippen molar-refractivity contribution in [2.45, 2.75) is 6.54 Å². The Bertz CT molecular complexity index is 1080. The van der Waals surface area contributed by atoms with E-state index in [1.807, 2.05) is 79.8 Å². The number of aromatic nitrogens is 2. The molecular formula is C23H19N3O. The Balaban J connectivity index is 1.76. The molecule has 2 heterocycles. The van der Waals surface area contributed by atoms with Crippen LogP contribution in [0.25, 0.3) is 22.2 Å². The summed E-state index contributed by atoms with van der Waals surface area (Å²) in [7, 11) is 1.83. The number of hydrogen-bond donors (Lipinski definition) is 0. The van der Waals surface area contributed by atoms with Crippen molar-refractivity contribution in [3.8, 4) is 11.3 Å². The summed E-state index contributed by atoms with van der Waals surface area (Å²) in [6.07, 6.45) is 3.46. The average molecular weight is 353 g/mol. The lowest BCUT2D eigenvalue weighted by atomic mass is 10.0. The van der Waals surface area contributed by atoms with E-state index in [4.69, 9.17) is 4.98 Å². The van der Waals surface area contributed by atoms with E-state index in [1.165, 1.54) is 0 Å². The summed E-state index contributed by atoms with van der Waals surface area (Å²) in [5, 5.41) is 0.861. The Hall–Kier alpha value is -3.53. The van der Waals surface area contributed by atoms with E-state index in [-0.39, 0.29) is 5.91 Å². The van der Waals surface area contributed by atoms with E-state index in [2.05, 4.69) is 4.98 Å². The van der Waals surface area contributed by atoms with Crippen molar-refractivity contribution in [3.63, 3.8) is 0 Å². The van der Waals surface area contributed by atoms with Crippen molar-refractivity contribution in [3.05, 3.63) is 96.3 Å². The molecule has 0 saturated heterocycles. The third-order valence-electron chi connectivity index (χ3n) is 4.53. The van der Waals surface area contributed by atoms with Crippen molar-refractivity contribution in [2.24, 2.45) is 0 Å². The second-order valence-electron chi connectivity index (χ2n) is 6.45. The van der Waals surface area contributed by atoms with Gasteiger partial charge in [0.15, 0.2) is 0 Å². The third-order valence-corrected chi connectivity index (χ3v) is 4.53. The number of para-hydroxylation sites is 1. The summed E-state index contributed by atoms with van der Waals surface area (Å²) >= 11 is 0. The maximum absolute atomic E-state index is 13.2. The predicted octanol–water partition coefficient (Wildman–Crippen LogP) is 4.57. The van der Waals surface area contributed by atoms with Crippen molar-refractivity contribution in [1.29, 1.82) is 0 Å². The average Bonchev–Trinajstić information content (AvgIpc) is 2.73. The molecule has 0 fully saturated rings. The van der Waals surface area contributed by atoms with Gasteiger partial charge in [-0.2, -0.15) is 0 Å². The molecule has 0 aliphatic rings. The van der Waals surface area contributed by atoms with Crippen LogP contribution in [0.5, 0.6) is 0 Å². The van der Waals surface area contributed by atoms with E-state index in [9.17, 15) is 4.79 Å². The quantitative estimate of drug-likeness (QED) is 0.540. The van der Waals surface area contributed by atoms with Gasteiger partial charge in [-0.05, 0) is 29.8 Å². The fraction of sp³-hybridized carbons (Fsp3) is 0.0870. The second kappa shape index (κ2) is 7.38. The highest BCUT2D eigenvalue weighted by molar-refractivity contribution is 6.07. The molecule has 27 heavy (non-hydrogen) atoms. The molecular weight excluding hydrogens is 334 g/mol. The number of carbonyl (C=O) groups is 1. The standard InChI is InChI=1S/C23H19N3O/c1-26(16-17-7-3-2-4-8-17)23(27)20-15-22(18-11-13-24-14-12-18)25-21-10-6-5-9-19(20)21/h2-15H,16H2,1H3. The minimum atomic E-state index is -0.0206. The van der Waals surface area contributed by atoms with E-state index < -0.39 is 0 Å². The monoisotopic (exact) mass is 353 g/mol. The van der Waals surface area contributed by atoms with Crippen LogP contribution < -0.4 is 0 Å². The second-order valence-corrected chi connectivity index (χ2v) is 6.45. The van der Waals surface area contributed by atoms with E-state index >= 15 is 0 Å². The number of hydrogen-bond acceptors (Lipinski definition) is 3. The zero-order chi connectivity index (χ0) is 18.6. The molecule has 0 saturated carbocycles. The highest BCUT2D eigenvalue weighted by atomic mass is 16.2. The van der Waals surface area contributed by atoms with Gasteiger partial charge >= 0.3 is 0 Å². The van der Waals surface area contributed by atoms with Gasteiger partial charge in [0.1, 0.15) is 0 Å². The molecule has 4 rings (SSSR count). The zero-order valence-electron chi connectivity index (χ0n) is 15.0. The highest BCUT2D eigenvalue weighted by Crippen LogP contribution is 2.25. The summed E-state index contributed by atoms with van der Waals surface area (Å²) in [4.78, 5) is 23.8. The number of pyridine rings is 2. The minimum absolute atomic E-state index is 0.0206. The smallest absolute Gasteiger partial charge is 0.254 e. The first-order valence-corrected chi connectivity index (χ1v) is 8.82. The molecule has 0 spiro atoms. The molecule has 0 bridgehead atoms. The molecule has 0 unspecified atom stereocenters. The number of carbonyl (C=O) groups excluding carboxylic acids is 1. The van der Waals surface area contributed by atoms with Gasteiger partial charge in [0, 0.05) is 36.9 Å². The summed E-state index contributed by atoms with van der Waals surface area (Å²) < 4.78 is 0. The molecule has 132 valence electrons. The van der Waals surface area contributed by atoms with Crippen LogP contribution in [0, 0.1) is 0 Å². The van der Waals surface area contributed by atoms with Crippen LogP contribution in [-0.2, 0) is 6.54 Å². The number of amides is 1. The minimum Gasteiger partial charge on any atom is -0.337 e. The molecule has 0 atom stereocenters. The number of benzene rings is 2. The Morgan fingerprint density at radius 2 is 1.63 bits per heavy atom. The van der Waals surface area contributed by atoms with Gasteiger partial charge in [0.05, 0.1) is 16.8 Å². The molecule has 0 aliphatic heterocycles. The number of fused-ring (bicyclic) bond motifs is 1. The van der Waals surface area contributed by atoms with Gasteiger partial charge in [-0.3, -0.25) is 9.78 Å². The molecule has 4 nitrogen and oxygen atoms in total. The third kappa shape index (κ3) is 3.55. The Labute approximate surface area is 158 Å². The summed E-state index contributed by atoms with van der Waals surface area (Å²) in [6.45, 7) is 0.556. The molecule has 2 aromatic carbocycles. The highest BCUT2D eigenvalue weighted by Gasteiger charge is 2.17. The molecule has 0 N–H and O–H groups in total. The molecule has 2 aromatic heterocycles. The van der Waals surface area contributed by atoms with Gasteiger partial charge in [-0.15, -0.1) is 0 Å². The van der Waals surface area contributed by atoms with Crippen LogP contribution >= 0.6 is 0 Å². The van der Waals surface area contributed by atoms with E-state index in [0.717, 1.165) is 27.7 Å². The van der Waals surface area contributed by atoms with Crippen molar-refractivity contribution < 1.29 is 4.79 Å². The number of nitrogens with zero attached hydrogens (tertiary/aromatic N) is 3. The van der Waals surface area contributed by atoms with Crippen molar-refractivity contribution >= 4 is 16.8 Å². The summed E-state index contributed by atoms with van der Waals surface area (Å²) in [6, 6.07) is 23.4. The summed E-state index contributed by atoms with van der Waals surface area (Å²) in [5.74, 6) is -0.0206. The van der Waals surface area contributed by atoms with Gasteiger partial charge in [-0.25, -0.2) is 4.98 Å². The molecule has 0 aliphatic carbocycles. The maximum atomic E-state index is 13.2. The van der Waals surface area contributed by atoms with Crippen LogP contribution in [0.1, 0.15) is 15.9 Å². The molecule has 0 radical (unpaired) electrons. The topological polar surface area (TPSA) is 46.1 Å². The Kier molecular flexibility index (Phi) is 4.62. The zero-order valence-corrected chi connectivity index (χ0v) is 15.0. The van der Waals surface area contributed by atoms with E-state index in [1.54, 1.807) is 17.3 Å². The normalized spacial score (nSPS) is 10.7. The first kappa shape index (κ1) is 16.9. The SMILES string of the molecule is CN(Cc1ccccc1)C(=O)c1cc(-c2ccncc2)nc2ccccc12. The summed E-state index contributed by atoms with van der Waals surface area (Å²) in [5.41, 5.74) is 4.28. The van der Waals surface area contributed by atoms with Crippen LogP contribution in [0.4, 0.5) is 0 Å². The van der Waals surface area contributed by atoms with Gasteiger partial charge in [0.2, 0.25) is 0 Å². The van der Waals surface area contributed by atoms with Gasteiger partial charge in [-0.1, -0.05) is 48.5 Å². The fourth-order valence-electron chi connectivity index (χ4n) is 3.16. The Morgan fingerprint density at radius 1 is 0.926 bits per heavy atom. The first-order valence-electron chi connectivity index (χ1n) is 8.82. The van der Waals surface area contributed by atoms with Crippen LogP contribution in [-0.4, -0.2) is 27.8 Å². The lowest BCUT2D eigenvalue weighted by Crippen LogP contribution is -2.26. The van der Waals surface area contributed by atoms with Crippen LogP contribution in [0.2, 0.25) is 0 Å². The lowest BCUT2D eigenvalue weighted by molar-refractivity contribution is 0.0787. The molecule has 1 amide bonds. The van der Waals surface area contributed by atoms with Crippen molar-refractivity contribution in [2.75, 3.05) is 7.05 Å². The van der Waals surface area contributed by atoms with Gasteiger partial charge < -0.3 is 4.90 Å². The fourth-order valence-corrected chi connectivity index (χ4v) is 3.16. The molecule has 4 aromatic rings. The van der Waals surface area contributed by atoms with Crippen LogP contribution in [0.3, 0.4) is 0 Å². The lowest BCUT2D eigenvalue weighted by Gasteiger charge is -2.19. The van der Waals surface area contributed by atoms with E-state index in [0.29, 0.717) is 12.1 Å². The first-order chi connectivity index (χ1) is 13.2. The number of rotatable bonds is 4. The van der Waals surface area contributed by atoms with Crippen LogP contribution in [0.15, 0.2) is 85.2 Å². The van der Waals surface area contributed by atoms with Crippen molar-refractivity contribution in [1.82, 2.24) is 14.9 Å². The Morgan fingerprint density at radius 3 is 2.41 bits per heavy atom. The maximum Gasteiger partial charge on any atom is 0.254 e.